The second-order valence-electron chi connectivity index (χ2n) is 21.5. The number of pyridine rings is 1. The van der Waals surface area contributed by atoms with Crippen molar-refractivity contribution in [1.82, 2.24) is 40.0 Å². The summed E-state index contributed by atoms with van der Waals surface area (Å²) < 4.78 is 13.8. The first-order chi connectivity index (χ1) is 33.5. The number of nitrogens with one attached hydrogen (secondary N) is 2. The summed E-state index contributed by atoms with van der Waals surface area (Å²) in [6.45, 7) is 17.0. The average Bonchev–Trinajstić information content (AvgIpc) is 3.81. The number of morpholine rings is 1. The number of amides is 4. The minimum Gasteiger partial charge on any atom is -0.464 e. The molecule has 4 saturated heterocycles. The monoisotopic (exact) mass is 953 g/mol. The molecule has 70 heavy (non-hydrogen) atoms. The number of esters is 1. The molecule has 4 aromatic rings. The maximum atomic E-state index is 14.8. The summed E-state index contributed by atoms with van der Waals surface area (Å²) in [7, 11) is 2.10. The SMILES string of the molecule is CC(C)c1ncccc1-c1c2c3cc(ccc3n1C)-c1cccc(c1)C[C@H](NC(=O)[C@H](C(C)C)N1CCC3(CN(C(=O)C#CCN4CCOCC4)C3)C1=O)C(=O)N1CCC[C@H](N1)C(=O)OCC(C)(C)C2. The van der Waals surface area contributed by atoms with Crippen LogP contribution in [0.4, 0.5) is 0 Å². The lowest BCUT2D eigenvalue weighted by molar-refractivity contribution is -0.155. The summed E-state index contributed by atoms with van der Waals surface area (Å²) >= 11 is 0. The van der Waals surface area contributed by atoms with Crippen molar-refractivity contribution < 1.29 is 33.4 Å². The minimum absolute atomic E-state index is 0.156. The lowest BCUT2D eigenvalue weighted by Crippen LogP contribution is -2.64. The first kappa shape index (κ1) is 48.9. The quantitative estimate of drug-likeness (QED) is 0.189. The van der Waals surface area contributed by atoms with Crippen molar-refractivity contribution in [2.45, 2.75) is 97.7 Å². The van der Waals surface area contributed by atoms with Gasteiger partial charge in [-0.2, -0.15) is 0 Å². The first-order valence-corrected chi connectivity index (χ1v) is 25.1. The first-order valence-electron chi connectivity index (χ1n) is 25.1. The fraction of sp³-hybridized carbons (Fsp3) is 0.527. The largest absolute Gasteiger partial charge is 0.464 e. The van der Waals surface area contributed by atoms with E-state index in [2.05, 4.69) is 103 Å². The van der Waals surface area contributed by atoms with Crippen LogP contribution in [0.1, 0.15) is 83.5 Å². The standard InChI is InChI=1S/C55H68N8O7/c1-35(2)47-40(14-9-20-56-47)49-42-31-54(5,6)34-70-52(67)43-15-10-22-63(58-43)51(66)44(29-37-12-8-13-38(28-37)39-17-18-45(59(49)7)41(42)30-39)57-50(65)48(36(3)4)62-23-19-55(53(62)68)32-61(33-55)46(64)16-11-21-60-24-26-69-27-25-60/h8-9,12-14,17-18,20,28,30,35-36,43-44,48,58H,10,15,19,21-27,29,31-34H2,1-7H3,(H,57,65)/t43-,44-,48-/m0/s1. The number of ether oxygens (including phenoxy) is 2. The van der Waals surface area contributed by atoms with Crippen molar-refractivity contribution in [3.8, 4) is 34.2 Å². The lowest BCUT2D eigenvalue weighted by atomic mass is 9.78. The summed E-state index contributed by atoms with van der Waals surface area (Å²) in [5.74, 6) is 3.93. The number of carbonyl (C=O) groups is 5. The molecule has 0 aliphatic carbocycles. The fourth-order valence-electron chi connectivity index (χ4n) is 11.2. The van der Waals surface area contributed by atoms with Crippen LogP contribution in [-0.4, -0.2) is 143 Å². The molecule has 370 valence electrons. The van der Waals surface area contributed by atoms with Gasteiger partial charge in [-0.05, 0) is 90.0 Å². The molecule has 7 heterocycles. The van der Waals surface area contributed by atoms with E-state index in [1.54, 1.807) is 9.80 Å². The predicted molar refractivity (Wildman–Crippen MR) is 267 cm³/mol. The topological polar surface area (TPSA) is 159 Å². The maximum absolute atomic E-state index is 14.8. The number of hydrogen-bond donors (Lipinski definition) is 2. The van der Waals surface area contributed by atoms with Crippen LogP contribution >= 0.6 is 0 Å². The number of nitrogens with zero attached hydrogens (tertiary/aromatic N) is 6. The van der Waals surface area contributed by atoms with Gasteiger partial charge >= 0.3 is 5.97 Å². The fourth-order valence-corrected chi connectivity index (χ4v) is 11.2. The zero-order chi connectivity index (χ0) is 49.5. The Morgan fingerprint density at radius 2 is 1.73 bits per heavy atom. The van der Waals surface area contributed by atoms with E-state index in [0.29, 0.717) is 58.5 Å². The van der Waals surface area contributed by atoms with Gasteiger partial charge in [0.05, 0.1) is 43.2 Å². The Bertz CT molecular complexity index is 2740. The van der Waals surface area contributed by atoms with Crippen LogP contribution in [0.3, 0.4) is 0 Å². The van der Waals surface area contributed by atoms with E-state index >= 15 is 0 Å². The van der Waals surface area contributed by atoms with Crippen LogP contribution in [0.2, 0.25) is 0 Å². The highest BCUT2D eigenvalue weighted by Gasteiger charge is 2.58. The number of aryl methyl sites for hydroxylation is 1. The summed E-state index contributed by atoms with van der Waals surface area (Å²) in [6.07, 6.45) is 4.18. The highest BCUT2D eigenvalue weighted by molar-refractivity contribution is 5.99. The number of benzene rings is 2. The van der Waals surface area contributed by atoms with E-state index in [9.17, 15) is 24.0 Å². The second-order valence-corrected chi connectivity index (χ2v) is 21.5. The molecule has 4 amide bonds. The van der Waals surface area contributed by atoms with Crippen LogP contribution in [0.25, 0.3) is 33.3 Å². The zero-order valence-electron chi connectivity index (χ0n) is 41.8. The predicted octanol–water partition coefficient (Wildman–Crippen LogP) is 5.10. The molecule has 1 spiro atoms. The Hall–Kier alpha value is -6.08. The third-order valence-corrected chi connectivity index (χ3v) is 14.9. The third-order valence-electron chi connectivity index (χ3n) is 14.9. The normalized spacial score (nSPS) is 22.1. The van der Waals surface area contributed by atoms with E-state index in [0.717, 1.165) is 63.2 Å². The van der Waals surface area contributed by atoms with E-state index in [1.807, 2.05) is 38.2 Å². The molecule has 15 heteroatoms. The number of carbonyl (C=O) groups excluding carboxylic acids is 5. The molecule has 0 radical (unpaired) electrons. The number of aromatic nitrogens is 2. The third kappa shape index (κ3) is 9.83. The van der Waals surface area contributed by atoms with E-state index in [-0.39, 0.29) is 55.7 Å². The highest BCUT2D eigenvalue weighted by atomic mass is 16.5. The average molecular weight is 953 g/mol. The number of hydrogen-bond acceptors (Lipinski definition) is 10. The molecule has 5 aliphatic heterocycles. The molecule has 15 nitrogen and oxygen atoms in total. The summed E-state index contributed by atoms with van der Waals surface area (Å²) in [6, 6.07) is 16.1. The van der Waals surface area contributed by atoms with Crippen LogP contribution < -0.4 is 10.7 Å². The smallest absolute Gasteiger partial charge is 0.324 e. The summed E-state index contributed by atoms with van der Waals surface area (Å²) in [5, 5.41) is 5.67. The zero-order valence-corrected chi connectivity index (χ0v) is 41.8. The van der Waals surface area contributed by atoms with Crippen LogP contribution in [0.5, 0.6) is 0 Å². The molecule has 6 bridgehead atoms. The Labute approximate surface area is 411 Å². The van der Waals surface area contributed by atoms with Crippen molar-refractivity contribution in [3.63, 3.8) is 0 Å². The van der Waals surface area contributed by atoms with Gasteiger partial charge in [-0.25, -0.2) is 5.43 Å². The molecule has 0 unspecified atom stereocenters. The molecule has 4 fully saturated rings. The van der Waals surface area contributed by atoms with Gasteiger partial charge in [0.1, 0.15) is 18.1 Å². The van der Waals surface area contributed by atoms with Crippen LogP contribution in [-0.2, 0) is 53.3 Å². The molecule has 2 aromatic carbocycles. The van der Waals surface area contributed by atoms with Gasteiger partial charge in [-0.1, -0.05) is 77.8 Å². The van der Waals surface area contributed by atoms with E-state index in [4.69, 9.17) is 14.5 Å². The van der Waals surface area contributed by atoms with E-state index in [1.165, 1.54) is 5.01 Å². The van der Waals surface area contributed by atoms with Gasteiger partial charge in [0, 0.05) is 80.8 Å². The number of fused-ring (bicyclic) bond motifs is 6. The van der Waals surface area contributed by atoms with Crippen molar-refractivity contribution in [1.29, 1.82) is 0 Å². The van der Waals surface area contributed by atoms with Crippen LogP contribution in [0, 0.1) is 28.6 Å². The molecule has 5 aliphatic rings. The molecular formula is C55H68N8O7. The number of likely N-dealkylation sites (tertiary alicyclic amines) is 2. The number of cyclic esters (lactones) is 1. The van der Waals surface area contributed by atoms with Gasteiger partial charge in [0.2, 0.25) is 11.8 Å². The minimum atomic E-state index is -1.04. The van der Waals surface area contributed by atoms with Crippen LogP contribution in [0.15, 0.2) is 60.8 Å². The van der Waals surface area contributed by atoms with Gasteiger partial charge in [-0.15, -0.1) is 0 Å². The molecule has 2 aromatic heterocycles. The molecule has 3 atom stereocenters. The molecule has 9 rings (SSSR count). The Morgan fingerprint density at radius 3 is 2.49 bits per heavy atom. The van der Waals surface area contributed by atoms with Crippen molar-refractivity contribution in [3.05, 3.63) is 77.6 Å². The Kier molecular flexibility index (Phi) is 14.0. The van der Waals surface area contributed by atoms with Gasteiger partial charge in [-0.3, -0.25) is 38.9 Å². The lowest BCUT2D eigenvalue weighted by Gasteiger charge is -2.46. The number of hydrazine groups is 1. The van der Waals surface area contributed by atoms with Gasteiger partial charge in [0.25, 0.3) is 11.8 Å². The molecular weight excluding hydrogens is 885 g/mol. The molecule has 0 saturated carbocycles. The highest BCUT2D eigenvalue weighted by Crippen LogP contribution is 2.43. The van der Waals surface area contributed by atoms with Crippen molar-refractivity contribution in [2.75, 3.05) is 65.6 Å². The Morgan fingerprint density at radius 1 is 0.957 bits per heavy atom. The van der Waals surface area contributed by atoms with E-state index < -0.39 is 40.8 Å². The second kappa shape index (κ2) is 20.0. The summed E-state index contributed by atoms with van der Waals surface area (Å²) in [5.41, 5.74) is 10.1. The van der Waals surface area contributed by atoms with Gasteiger partial charge in [0.15, 0.2) is 0 Å². The molecule has 2 N–H and O–H groups in total. The van der Waals surface area contributed by atoms with Crippen molar-refractivity contribution in [2.24, 2.45) is 23.8 Å². The maximum Gasteiger partial charge on any atom is 0.324 e. The van der Waals surface area contributed by atoms with Gasteiger partial charge < -0.3 is 29.2 Å². The number of rotatable bonds is 7. The Balaban J connectivity index is 1.00. The summed E-state index contributed by atoms with van der Waals surface area (Å²) in [4.78, 5) is 81.1. The van der Waals surface area contributed by atoms with Crippen molar-refractivity contribution >= 4 is 40.5 Å².